The molecule has 162 valence electrons. The molecule has 2 N–H and O–H groups in total. The number of amides is 2. The predicted octanol–water partition coefficient (Wildman–Crippen LogP) is 4.27. The van der Waals surface area contributed by atoms with Crippen molar-refractivity contribution in [1.82, 2.24) is 10.2 Å². The summed E-state index contributed by atoms with van der Waals surface area (Å²) in [6.45, 7) is 8.79. The minimum Gasteiger partial charge on any atom is -0.369 e. The fourth-order valence-electron chi connectivity index (χ4n) is 3.62. The maximum Gasteiger partial charge on any atom is 0.418 e. The number of urea groups is 1. The molecular formula is C22H27F3N4O. The van der Waals surface area contributed by atoms with Crippen molar-refractivity contribution < 1.29 is 18.0 Å². The number of carbonyl (C=O) groups excluding carboxylic acids is 1. The van der Waals surface area contributed by atoms with Gasteiger partial charge in [-0.3, -0.25) is 4.90 Å². The van der Waals surface area contributed by atoms with Crippen LogP contribution in [0.4, 0.5) is 29.3 Å². The summed E-state index contributed by atoms with van der Waals surface area (Å²) < 4.78 is 39.0. The van der Waals surface area contributed by atoms with Gasteiger partial charge in [0.1, 0.15) is 0 Å². The van der Waals surface area contributed by atoms with Crippen LogP contribution in [-0.4, -0.2) is 50.2 Å². The highest BCUT2D eigenvalue weighted by molar-refractivity contribution is 5.90. The molecule has 1 aliphatic rings. The molecule has 1 heterocycles. The number of rotatable bonds is 5. The molecule has 3 rings (SSSR count). The van der Waals surface area contributed by atoms with E-state index in [1.54, 1.807) is 0 Å². The Bertz CT molecular complexity index is 877. The van der Waals surface area contributed by atoms with E-state index >= 15 is 0 Å². The molecule has 1 aliphatic heterocycles. The molecule has 30 heavy (non-hydrogen) atoms. The SMILES string of the molecule is Cc1cccc(N2CCN(CCNC(=O)Nc3ccccc3C(F)(F)F)CC2)c1C. The van der Waals surface area contributed by atoms with Gasteiger partial charge in [-0.1, -0.05) is 24.3 Å². The lowest BCUT2D eigenvalue weighted by Crippen LogP contribution is -2.49. The van der Waals surface area contributed by atoms with Gasteiger partial charge < -0.3 is 15.5 Å². The third-order valence-corrected chi connectivity index (χ3v) is 5.48. The van der Waals surface area contributed by atoms with Crippen molar-refractivity contribution in [2.45, 2.75) is 20.0 Å². The van der Waals surface area contributed by atoms with E-state index in [-0.39, 0.29) is 5.69 Å². The van der Waals surface area contributed by atoms with Gasteiger partial charge in [0.2, 0.25) is 0 Å². The molecule has 2 amide bonds. The number of hydrogen-bond donors (Lipinski definition) is 2. The van der Waals surface area contributed by atoms with Gasteiger partial charge in [0.15, 0.2) is 0 Å². The maximum absolute atomic E-state index is 13.0. The Morgan fingerprint density at radius 3 is 2.40 bits per heavy atom. The standard InChI is InChI=1S/C22H27F3N4O/c1-16-6-5-9-20(17(16)2)29-14-12-28(13-15-29)11-10-26-21(30)27-19-8-4-3-7-18(19)22(23,24)25/h3-9H,10-15H2,1-2H3,(H2,26,27,30). The third-order valence-electron chi connectivity index (χ3n) is 5.48. The number of anilines is 2. The minimum absolute atomic E-state index is 0.246. The zero-order valence-corrected chi connectivity index (χ0v) is 17.2. The average molecular weight is 420 g/mol. The number of piperazine rings is 1. The van der Waals surface area contributed by atoms with Crippen LogP contribution in [0.15, 0.2) is 42.5 Å². The number of nitrogens with one attached hydrogen (secondary N) is 2. The lowest BCUT2D eigenvalue weighted by atomic mass is 10.1. The largest absolute Gasteiger partial charge is 0.418 e. The van der Waals surface area contributed by atoms with Gasteiger partial charge in [-0.2, -0.15) is 13.2 Å². The fourth-order valence-corrected chi connectivity index (χ4v) is 3.62. The van der Waals surface area contributed by atoms with E-state index in [0.717, 1.165) is 32.2 Å². The van der Waals surface area contributed by atoms with Crippen molar-refractivity contribution in [2.24, 2.45) is 0 Å². The molecule has 2 aromatic rings. The van der Waals surface area contributed by atoms with Gasteiger partial charge in [-0.15, -0.1) is 0 Å². The molecule has 2 aromatic carbocycles. The van der Waals surface area contributed by atoms with Crippen LogP contribution < -0.4 is 15.5 Å². The van der Waals surface area contributed by atoms with Crippen molar-refractivity contribution in [1.29, 1.82) is 0 Å². The van der Waals surface area contributed by atoms with Crippen LogP contribution >= 0.6 is 0 Å². The fraction of sp³-hybridized carbons (Fsp3) is 0.409. The molecule has 8 heteroatoms. The number of benzene rings is 2. The highest BCUT2D eigenvalue weighted by atomic mass is 19.4. The van der Waals surface area contributed by atoms with Gasteiger partial charge in [0.25, 0.3) is 0 Å². The van der Waals surface area contributed by atoms with E-state index < -0.39 is 17.8 Å². The first-order chi connectivity index (χ1) is 14.3. The highest BCUT2D eigenvalue weighted by Gasteiger charge is 2.33. The molecule has 0 atom stereocenters. The molecule has 0 unspecified atom stereocenters. The lowest BCUT2D eigenvalue weighted by Gasteiger charge is -2.37. The first-order valence-electron chi connectivity index (χ1n) is 10.0. The molecule has 0 spiro atoms. The van der Waals surface area contributed by atoms with E-state index in [2.05, 4.69) is 52.5 Å². The van der Waals surface area contributed by atoms with Crippen molar-refractivity contribution in [3.63, 3.8) is 0 Å². The summed E-state index contributed by atoms with van der Waals surface area (Å²) in [4.78, 5) is 16.6. The number of carbonyl (C=O) groups is 1. The Hall–Kier alpha value is -2.74. The second-order valence-corrected chi connectivity index (χ2v) is 7.47. The number of alkyl halides is 3. The normalized spacial score (nSPS) is 15.2. The van der Waals surface area contributed by atoms with Crippen molar-refractivity contribution in [3.8, 4) is 0 Å². The summed E-state index contributed by atoms with van der Waals surface area (Å²) in [5.74, 6) is 0. The van der Waals surface area contributed by atoms with E-state index in [9.17, 15) is 18.0 Å². The molecule has 0 aromatic heterocycles. The summed E-state index contributed by atoms with van der Waals surface area (Å²) in [6.07, 6.45) is -4.51. The quantitative estimate of drug-likeness (QED) is 0.760. The van der Waals surface area contributed by atoms with E-state index in [1.165, 1.54) is 35.0 Å². The first-order valence-corrected chi connectivity index (χ1v) is 10.0. The van der Waals surface area contributed by atoms with Gasteiger partial charge in [0, 0.05) is 45.0 Å². The topological polar surface area (TPSA) is 47.6 Å². The van der Waals surface area contributed by atoms with Crippen LogP contribution in [0.3, 0.4) is 0 Å². The Balaban J connectivity index is 1.44. The molecular weight excluding hydrogens is 393 g/mol. The van der Waals surface area contributed by atoms with Crippen LogP contribution in [0.1, 0.15) is 16.7 Å². The van der Waals surface area contributed by atoms with Gasteiger partial charge in [-0.05, 0) is 43.2 Å². The zero-order valence-electron chi connectivity index (χ0n) is 17.2. The third kappa shape index (κ3) is 5.44. The molecule has 0 aliphatic carbocycles. The van der Waals surface area contributed by atoms with Crippen LogP contribution in [0.5, 0.6) is 0 Å². The van der Waals surface area contributed by atoms with E-state index in [0.29, 0.717) is 13.1 Å². The Kier molecular flexibility index (Phi) is 6.87. The number of halogens is 3. The first kappa shape index (κ1) is 22.0. The van der Waals surface area contributed by atoms with Gasteiger partial charge >= 0.3 is 12.2 Å². The van der Waals surface area contributed by atoms with Crippen molar-refractivity contribution in [2.75, 3.05) is 49.5 Å². The zero-order chi connectivity index (χ0) is 21.7. The Morgan fingerprint density at radius 2 is 1.70 bits per heavy atom. The number of nitrogens with zero attached hydrogens (tertiary/aromatic N) is 2. The summed E-state index contributed by atoms with van der Waals surface area (Å²) >= 11 is 0. The molecule has 0 saturated carbocycles. The molecule has 0 radical (unpaired) electrons. The average Bonchev–Trinajstić information content (AvgIpc) is 2.70. The van der Waals surface area contributed by atoms with Gasteiger partial charge in [0.05, 0.1) is 11.3 Å². The molecule has 0 bridgehead atoms. The summed E-state index contributed by atoms with van der Waals surface area (Å²) in [5, 5.41) is 4.94. The smallest absolute Gasteiger partial charge is 0.369 e. The van der Waals surface area contributed by atoms with Crippen LogP contribution in [-0.2, 0) is 6.18 Å². The lowest BCUT2D eigenvalue weighted by molar-refractivity contribution is -0.136. The molecule has 1 fully saturated rings. The van der Waals surface area contributed by atoms with Gasteiger partial charge in [-0.25, -0.2) is 4.79 Å². The Morgan fingerprint density at radius 1 is 1.00 bits per heavy atom. The summed E-state index contributed by atoms with van der Waals surface area (Å²) in [7, 11) is 0. The Labute approximate surface area is 174 Å². The summed E-state index contributed by atoms with van der Waals surface area (Å²) in [6, 6.07) is 10.6. The monoisotopic (exact) mass is 420 g/mol. The second-order valence-electron chi connectivity index (χ2n) is 7.47. The van der Waals surface area contributed by atoms with Crippen LogP contribution in [0.25, 0.3) is 0 Å². The van der Waals surface area contributed by atoms with E-state index in [4.69, 9.17) is 0 Å². The minimum atomic E-state index is -4.51. The number of aryl methyl sites for hydroxylation is 1. The molecule has 1 saturated heterocycles. The summed E-state index contributed by atoms with van der Waals surface area (Å²) in [5.41, 5.74) is 2.73. The molecule has 5 nitrogen and oxygen atoms in total. The number of hydrogen-bond acceptors (Lipinski definition) is 3. The van der Waals surface area contributed by atoms with Crippen LogP contribution in [0, 0.1) is 13.8 Å². The van der Waals surface area contributed by atoms with Crippen molar-refractivity contribution in [3.05, 3.63) is 59.2 Å². The number of para-hydroxylation sites is 1. The second kappa shape index (κ2) is 9.38. The maximum atomic E-state index is 13.0. The predicted molar refractivity (Wildman–Crippen MR) is 113 cm³/mol. The highest BCUT2D eigenvalue weighted by Crippen LogP contribution is 2.34. The van der Waals surface area contributed by atoms with Crippen molar-refractivity contribution >= 4 is 17.4 Å². The van der Waals surface area contributed by atoms with E-state index in [1.807, 2.05) is 0 Å². The van der Waals surface area contributed by atoms with Crippen LogP contribution in [0.2, 0.25) is 0 Å².